The Hall–Kier alpha value is -1.58. The highest BCUT2D eigenvalue weighted by Gasteiger charge is 2.35. The van der Waals surface area contributed by atoms with Crippen molar-refractivity contribution in [3.63, 3.8) is 0 Å². The van der Waals surface area contributed by atoms with Crippen molar-refractivity contribution >= 4 is 15.9 Å². The first-order valence-corrected chi connectivity index (χ1v) is 8.42. The van der Waals surface area contributed by atoms with E-state index in [9.17, 15) is 27.1 Å². The van der Waals surface area contributed by atoms with Crippen molar-refractivity contribution in [1.82, 2.24) is 9.62 Å². The van der Waals surface area contributed by atoms with Gasteiger partial charge in [-0.3, -0.25) is 4.79 Å². The zero-order chi connectivity index (χ0) is 16.5. The van der Waals surface area contributed by atoms with Gasteiger partial charge < -0.3 is 10.0 Å². The van der Waals surface area contributed by atoms with Gasteiger partial charge in [-0.05, 0) is 17.7 Å². The summed E-state index contributed by atoms with van der Waals surface area (Å²) in [5.74, 6) is -2.43. The number of sulfonamides is 1. The molecule has 0 aromatic heterocycles. The Morgan fingerprint density at radius 1 is 1.36 bits per heavy atom. The predicted octanol–water partition coefficient (Wildman–Crippen LogP) is -0.372. The van der Waals surface area contributed by atoms with Gasteiger partial charge in [0.15, 0.2) is 11.6 Å². The normalized spacial score (nSPS) is 22.1. The largest absolute Gasteiger partial charge is 0.390 e. The lowest BCUT2D eigenvalue weighted by Gasteiger charge is -2.16. The standard InChI is InChI=1S/C13H16F2N2O4S/c1-22(20,21)16-11-6-17(7-12(11)18)13(19)5-8-2-3-9(14)10(15)4-8/h2-4,11-12,16,18H,5-7H2,1H3/t11-,12-/m1/s1. The summed E-state index contributed by atoms with van der Waals surface area (Å²) in [5.41, 5.74) is 0.304. The van der Waals surface area contributed by atoms with Gasteiger partial charge in [-0.25, -0.2) is 21.9 Å². The molecule has 1 aliphatic heterocycles. The third-order valence-electron chi connectivity index (χ3n) is 3.35. The Bertz CT molecular complexity index is 681. The second kappa shape index (κ2) is 6.27. The van der Waals surface area contributed by atoms with E-state index in [0.717, 1.165) is 18.4 Å². The summed E-state index contributed by atoms with van der Waals surface area (Å²) in [4.78, 5) is 13.4. The van der Waals surface area contributed by atoms with Crippen molar-refractivity contribution < 1.29 is 27.1 Å². The maximum atomic E-state index is 13.1. The summed E-state index contributed by atoms with van der Waals surface area (Å²) in [6, 6.07) is 2.40. The molecule has 1 saturated heterocycles. The Kier molecular flexibility index (Phi) is 4.78. The molecule has 0 unspecified atom stereocenters. The van der Waals surface area contributed by atoms with Crippen LogP contribution in [0.3, 0.4) is 0 Å². The van der Waals surface area contributed by atoms with Gasteiger partial charge in [0.1, 0.15) is 0 Å². The van der Waals surface area contributed by atoms with Crippen LogP contribution in [0.2, 0.25) is 0 Å². The highest BCUT2D eigenvalue weighted by molar-refractivity contribution is 7.88. The minimum absolute atomic E-state index is 0.0182. The topological polar surface area (TPSA) is 86.7 Å². The van der Waals surface area contributed by atoms with Crippen LogP contribution in [0, 0.1) is 11.6 Å². The number of carbonyl (C=O) groups excluding carboxylic acids is 1. The first-order valence-electron chi connectivity index (χ1n) is 6.53. The molecule has 22 heavy (non-hydrogen) atoms. The molecule has 9 heteroatoms. The number of halogens is 2. The first kappa shape index (κ1) is 16.8. The Morgan fingerprint density at radius 3 is 2.64 bits per heavy atom. The molecule has 122 valence electrons. The number of nitrogens with one attached hydrogen (secondary N) is 1. The van der Waals surface area contributed by atoms with Crippen LogP contribution in [-0.4, -0.2) is 55.8 Å². The van der Waals surface area contributed by atoms with Gasteiger partial charge in [0.2, 0.25) is 15.9 Å². The van der Waals surface area contributed by atoms with Gasteiger partial charge in [-0.1, -0.05) is 6.07 Å². The molecule has 1 amide bonds. The van der Waals surface area contributed by atoms with Crippen LogP contribution in [0.15, 0.2) is 18.2 Å². The average molecular weight is 334 g/mol. The molecule has 0 aliphatic carbocycles. The van der Waals surface area contributed by atoms with E-state index in [0.29, 0.717) is 5.56 Å². The van der Waals surface area contributed by atoms with Crippen molar-refractivity contribution in [2.75, 3.05) is 19.3 Å². The zero-order valence-electron chi connectivity index (χ0n) is 11.8. The molecule has 1 heterocycles. The number of hydrogen-bond acceptors (Lipinski definition) is 4. The first-order chi connectivity index (χ1) is 10.2. The third kappa shape index (κ3) is 4.21. The summed E-state index contributed by atoms with van der Waals surface area (Å²) in [6.07, 6.45) is -0.204. The summed E-state index contributed by atoms with van der Waals surface area (Å²) in [5, 5.41) is 9.79. The maximum absolute atomic E-state index is 13.1. The van der Waals surface area contributed by atoms with E-state index in [1.54, 1.807) is 0 Å². The fourth-order valence-electron chi connectivity index (χ4n) is 2.32. The lowest BCUT2D eigenvalue weighted by atomic mass is 10.1. The molecule has 1 aromatic carbocycles. The lowest BCUT2D eigenvalue weighted by Crippen LogP contribution is -2.42. The fraction of sp³-hybridized carbons (Fsp3) is 0.462. The summed E-state index contributed by atoms with van der Waals surface area (Å²) in [6.45, 7) is 0.00639. The van der Waals surface area contributed by atoms with Gasteiger partial charge in [-0.2, -0.15) is 0 Å². The van der Waals surface area contributed by atoms with E-state index in [2.05, 4.69) is 4.72 Å². The minimum Gasteiger partial charge on any atom is -0.390 e. The molecule has 1 aromatic rings. The lowest BCUT2D eigenvalue weighted by molar-refractivity contribution is -0.129. The SMILES string of the molecule is CS(=O)(=O)N[C@@H]1CN(C(=O)Cc2ccc(F)c(F)c2)C[C@H]1O. The summed E-state index contributed by atoms with van der Waals surface area (Å²) in [7, 11) is -3.50. The molecule has 0 saturated carbocycles. The molecular weight excluding hydrogens is 318 g/mol. The van der Waals surface area contributed by atoms with Crippen molar-refractivity contribution in [3.05, 3.63) is 35.4 Å². The number of hydrogen-bond donors (Lipinski definition) is 2. The molecule has 0 radical (unpaired) electrons. The van der Waals surface area contributed by atoms with Crippen LogP contribution in [0.4, 0.5) is 8.78 Å². The van der Waals surface area contributed by atoms with Crippen LogP contribution in [0.25, 0.3) is 0 Å². The molecule has 6 nitrogen and oxygen atoms in total. The van der Waals surface area contributed by atoms with Gasteiger partial charge in [0.25, 0.3) is 0 Å². The van der Waals surface area contributed by atoms with Crippen molar-refractivity contribution in [2.45, 2.75) is 18.6 Å². The fourth-order valence-corrected chi connectivity index (χ4v) is 3.10. The second-order valence-electron chi connectivity index (χ2n) is 5.29. The van der Waals surface area contributed by atoms with Gasteiger partial charge in [0, 0.05) is 13.1 Å². The van der Waals surface area contributed by atoms with Gasteiger partial charge in [0.05, 0.1) is 24.8 Å². The Balaban J connectivity index is 2.00. The molecule has 2 atom stereocenters. The van der Waals surface area contributed by atoms with E-state index >= 15 is 0 Å². The van der Waals surface area contributed by atoms with Crippen LogP contribution in [0.5, 0.6) is 0 Å². The van der Waals surface area contributed by atoms with Gasteiger partial charge >= 0.3 is 0 Å². The van der Waals surface area contributed by atoms with Crippen LogP contribution in [-0.2, 0) is 21.2 Å². The number of likely N-dealkylation sites (tertiary alicyclic amines) is 1. The molecule has 2 N–H and O–H groups in total. The summed E-state index contributed by atoms with van der Waals surface area (Å²) >= 11 is 0. The number of nitrogens with zero attached hydrogens (tertiary/aromatic N) is 1. The van der Waals surface area contributed by atoms with Gasteiger partial charge in [-0.15, -0.1) is 0 Å². The number of carbonyl (C=O) groups is 1. The summed E-state index contributed by atoms with van der Waals surface area (Å²) < 4.78 is 50.5. The van der Waals surface area contributed by atoms with E-state index < -0.39 is 39.7 Å². The molecular formula is C13H16F2N2O4S. The Morgan fingerprint density at radius 2 is 2.05 bits per heavy atom. The number of amides is 1. The molecule has 1 fully saturated rings. The second-order valence-corrected chi connectivity index (χ2v) is 7.07. The third-order valence-corrected chi connectivity index (χ3v) is 4.08. The van der Waals surface area contributed by atoms with E-state index in [4.69, 9.17) is 0 Å². The van der Waals surface area contributed by atoms with Crippen molar-refractivity contribution in [2.24, 2.45) is 0 Å². The van der Waals surface area contributed by atoms with E-state index in [1.165, 1.54) is 11.0 Å². The number of aliphatic hydroxyl groups excluding tert-OH is 1. The van der Waals surface area contributed by atoms with Crippen LogP contribution < -0.4 is 4.72 Å². The molecule has 2 rings (SSSR count). The van der Waals surface area contributed by atoms with Crippen molar-refractivity contribution in [1.29, 1.82) is 0 Å². The number of aliphatic hydroxyl groups is 1. The zero-order valence-corrected chi connectivity index (χ0v) is 12.6. The van der Waals surface area contributed by atoms with Crippen LogP contribution >= 0.6 is 0 Å². The number of rotatable bonds is 4. The molecule has 0 spiro atoms. The highest BCUT2D eigenvalue weighted by atomic mass is 32.2. The predicted molar refractivity (Wildman–Crippen MR) is 74.4 cm³/mol. The maximum Gasteiger partial charge on any atom is 0.227 e. The Labute approximate surface area is 126 Å². The number of β-amino-alcohol motifs (C(OH)–C–C–N with tert-alkyl or cyclic N) is 1. The molecule has 1 aliphatic rings. The smallest absolute Gasteiger partial charge is 0.227 e. The highest BCUT2D eigenvalue weighted by Crippen LogP contribution is 2.15. The minimum atomic E-state index is -3.50. The van der Waals surface area contributed by atoms with E-state index in [1.807, 2.05) is 0 Å². The number of benzene rings is 1. The average Bonchev–Trinajstić information content (AvgIpc) is 2.73. The van der Waals surface area contributed by atoms with E-state index in [-0.39, 0.29) is 19.5 Å². The monoisotopic (exact) mass is 334 g/mol. The molecule has 0 bridgehead atoms. The van der Waals surface area contributed by atoms with Crippen LogP contribution in [0.1, 0.15) is 5.56 Å². The van der Waals surface area contributed by atoms with Crippen molar-refractivity contribution in [3.8, 4) is 0 Å². The quantitative estimate of drug-likeness (QED) is 0.786.